The van der Waals surface area contributed by atoms with Gasteiger partial charge in [0.15, 0.2) is 5.88 Å². The summed E-state index contributed by atoms with van der Waals surface area (Å²) >= 11 is 0. The maximum atomic E-state index is 11.6. The first-order valence-electron chi connectivity index (χ1n) is 10.8. The third kappa shape index (κ3) is 6.13. The highest BCUT2D eigenvalue weighted by molar-refractivity contribution is 5.72. The molecule has 1 aromatic carbocycles. The van der Waals surface area contributed by atoms with E-state index in [2.05, 4.69) is 18.1 Å². The van der Waals surface area contributed by atoms with Gasteiger partial charge in [-0.3, -0.25) is 0 Å². The number of likely N-dealkylation sites (N-methyl/N-ethyl adjacent to an activating group) is 1. The van der Waals surface area contributed by atoms with Crippen LogP contribution in [0.4, 0.5) is 17.2 Å². The normalized spacial score (nSPS) is 12.2. The third-order valence-electron chi connectivity index (χ3n) is 5.30. The number of pyridine rings is 1. The second kappa shape index (κ2) is 11.2. The van der Waals surface area contributed by atoms with Crippen LogP contribution in [0, 0.1) is 0 Å². The zero-order chi connectivity index (χ0) is 24.6. The van der Waals surface area contributed by atoms with Gasteiger partial charge in [-0.2, -0.15) is 0 Å². The van der Waals surface area contributed by atoms with E-state index < -0.39 is 5.41 Å². The SMILES string of the molecule is C=C/C(=C\C=C(/C)OC(=C)N(CC)c1ccccc1N)N(C)c1ncccc1C(C)(C)C=O. The lowest BCUT2D eigenvalue weighted by atomic mass is 9.86. The van der Waals surface area contributed by atoms with Crippen molar-refractivity contribution in [1.29, 1.82) is 0 Å². The van der Waals surface area contributed by atoms with E-state index >= 15 is 0 Å². The number of nitrogens with two attached hydrogens (primary N) is 1. The van der Waals surface area contributed by atoms with E-state index in [1.165, 1.54) is 0 Å². The molecule has 0 atom stereocenters. The minimum absolute atomic E-state index is 0.478. The quantitative estimate of drug-likeness (QED) is 0.211. The Bertz CT molecular complexity index is 1070. The Balaban J connectivity index is 2.26. The predicted octanol–water partition coefficient (Wildman–Crippen LogP) is 5.56. The summed E-state index contributed by atoms with van der Waals surface area (Å²) in [7, 11) is 1.89. The van der Waals surface area contributed by atoms with Crippen LogP contribution in [0.3, 0.4) is 0 Å². The number of aromatic nitrogens is 1. The number of allylic oxidation sites excluding steroid dienone is 4. The molecule has 174 valence electrons. The summed E-state index contributed by atoms with van der Waals surface area (Å²) < 4.78 is 5.97. The minimum Gasteiger partial charge on any atom is -0.446 e. The average Bonchev–Trinajstić information content (AvgIpc) is 2.81. The molecule has 6 heteroatoms. The molecule has 2 N–H and O–H groups in total. The van der Waals surface area contributed by atoms with Crippen molar-refractivity contribution in [3.05, 3.63) is 96.9 Å². The number of carbonyl (C=O) groups excluding carboxylic acids is 1. The van der Waals surface area contributed by atoms with Gasteiger partial charge in [-0.1, -0.05) is 24.8 Å². The van der Waals surface area contributed by atoms with Crippen molar-refractivity contribution in [2.24, 2.45) is 0 Å². The van der Waals surface area contributed by atoms with Crippen molar-refractivity contribution in [2.75, 3.05) is 29.1 Å². The molecule has 6 nitrogen and oxygen atoms in total. The fraction of sp³-hybridized carbons (Fsp3) is 0.259. The van der Waals surface area contributed by atoms with Crippen molar-refractivity contribution < 1.29 is 9.53 Å². The molecule has 1 aromatic heterocycles. The van der Waals surface area contributed by atoms with Crippen LogP contribution in [0.1, 0.15) is 33.3 Å². The van der Waals surface area contributed by atoms with E-state index in [4.69, 9.17) is 10.5 Å². The van der Waals surface area contributed by atoms with Gasteiger partial charge >= 0.3 is 0 Å². The predicted molar refractivity (Wildman–Crippen MR) is 138 cm³/mol. The molecule has 0 fully saturated rings. The topological polar surface area (TPSA) is 71.7 Å². The van der Waals surface area contributed by atoms with Gasteiger partial charge in [0.1, 0.15) is 17.9 Å². The number of nitrogens with zero attached hydrogens (tertiary/aromatic N) is 3. The van der Waals surface area contributed by atoms with Crippen LogP contribution in [0.15, 0.2) is 91.3 Å². The van der Waals surface area contributed by atoms with E-state index in [0.717, 1.165) is 23.2 Å². The van der Waals surface area contributed by atoms with E-state index in [0.29, 0.717) is 29.7 Å². The molecule has 0 radical (unpaired) electrons. The molecular weight excluding hydrogens is 412 g/mol. The van der Waals surface area contributed by atoms with Gasteiger partial charge < -0.3 is 25.1 Å². The average molecular weight is 447 g/mol. The molecule has 0 saturated carbocycles. The Hall–Kier alpha value is -3.80. The van der Waals surface area contributed by atoms with E-state index in [1.54, 1.807) is 12.3 Å². The zero-order valence-electron chi connectivity index (χ0n) is 20.2. The molecule has 0 bridgehead atoms. The molecule has 0 unspecified atom stereocenters. The minimum atomic E-state index is -0.667. The van der Waals surface area contributed by atoms with Gasteiger partial charge in [0.2, 0.25) is 0 Å². The molecule has 33 heavy (non-hydrogen) atoms. The van der Waals surface area contributed by atoms with Crippen LogP contribution in [0.2, 0.25) is 0 Å². The van der Waals surface area contributed by atoms with Crippen LogP contribution in [0.5, 0.6) is 0 Å². The number of aldehydes is 1. The lowest BCUT2D eigenvalue weighted by molar-refractivity contribution is -0.111. The summed E-state index contributed by atoms with van der Waals surface area (Å²) in [5.74, 6) is 1.81. The number of ether oxygens (including phenoxy) is 1. The summed E-state index contributed by atoms with van der Waals surface area (Å²) in [6.45, 7) is 16.3. The number of carbonyl (C=O) groups is 1. The molecule has 2 aromatic rings. The second-order valence-electron chi connectivity index (χ2n) is 8.14. The van der Waals surface area contributed by atoms with Gasteiger partial charge in [-0.25, -0.2) is 4.98 Å². The smallest absolute Gasteiger partial charge is 0.192 e. The summed E-state index contributed by atoms with van der Waals surface area (Å²) in [6.07, 6.45) is 8.10. The number of hydrogen-bond donors (Lipinski definition) is 1. The number of benzene rings is 1. The van der Waals surface area contributed by atoms with Gasteiger partial charge in [-0.05, 0) is 70.7 Å². The molecule has 0 aliphatic carbocycles. The van der Waals surface area contributed by atoms with Crippen molar-refractivity contribution in [3.63, 3.8) is 0 Å². The van der Waals surface area contributed by atoms with Crippen LogP contribution in [-0.2, 0) is 14.9 Å². The van der Waals surface area contributed by atoms with E-state index in [-0.39, 0.29) is 0 Å². The summed E-state index contributed by atoms with van der Waals surface area (Å²) in [6, 6.07) is 11.3. The zero-order valence-corrected chi connectivity index (χ0v) is 20.2. The fourth-order valence-electron chi connectivity index (χ4n) is 3.36. The second-order valence-corrected chi connectivity index (χ2v) is 8.14. The van der Waals surface area contributed by atoms with Crippen molar-refractivity contribution >= 4 is 23.5 Å². The standard InChI is InChI=1S/C27H34N4O2/c1-8-22(30(7)26-23(13-12-18-29-26)27(5,6)19-32)17-16-20(3)33-21(4)31(9-2)25-15-11-10-14-24(25)28/h8,10-19H,1,4,9,28H2,2-3,5-7H3/b20-16+,22-17+. The highest BCUT2D eigenvalue weighted by atomic mass is 16.5. The lowest BCUT2D eigenvalue weighted by Gasteiger charge is -2.27. The third-order valence-corrected chi connectivity index (χ3v) is 5.30. The summed E-state index contributed by atoms with van der Waals surface area (Å²) in [4.78, 5) is 20.0. The van der Waals surface area contributed by atoms with Crippen LogP contribution in [0.25, 0.3) is 0 Å². The Morgan fingerprint density at radius 2 is 1.91 bits per heavy atom. The van der Waals surface area contributed by atoms with Crippen LogP contribution in [-0.4, -0.2) is 24.9 Å². The van der Waals surface area contributed by atoms with Gasteiger partial charge in [0.05, 0.1) is 11.4 Å². The van der Waals surface area contributed by atoms with Gasteiger partial charge in [0.25, 0.3) is 0 Å². The number of rotatable bonds is 11. The summed E-state index contributed by atoms with van der Waals surface area (Å²) in [5.41, 5.74) is 8.58. The first-order valence-corrected chi connectivity index (χ1v) is 10.8. The Morgan fingerprint density at radius 1 is 1.21 bits per heavy atom. The highest BCUT2D eigenvalue weighted by Crippen LogP contribution is 2.30. The van der Waals surface area contributed by atoms with Gasteiger partial charge in [0, 0.05) is 36.5 Å². The first-order chi connectivity index (χ1) is 15.7. The van der Waals surface area contributed by atoms with Crippen molar-refractivity contribution in [2.45, 2.75) is 33.1 Å². The Labute approximate surface area is 197 Å². The Morgan fingerprint density at radius 3 is 2.52 bits per heavy atom. The molecule has 0 amide bonds. The van der Waals surface area contributed by atoms with Crippen molar-refractivity contribution in [1.82, 2.24) is 4.98 Å². The summed E-state index contributed by atoms with van der Waals surface area (Å²) in [5, 5.41) is 0. The largest absolute Gasteiger partial charge is 0.446 e. The van der Waals surface area contributed by atoms with E-state index in [1.807, 2.05) is 93.1 Å². The Kier molecular flexibility index (Phi) is 8.63. The maximum Gasteiger partial charge on any atom is 0.192 e. The highest BCUT2D eigenvalue weighted by Gasteiger charge is 2.25. The number of para-hydroxylation sites is 2. The molecular formula is C27H34N4O2. The molecule has 1 heterocycles. The van der Waals surface area contributed by atoms with Crippen molar-refractivity contribution in [3.8, 4) is 0 Å². The maximum absolute atomic E-state index is 11.6. The monoisotopic (exact) mass is 446 g/mol. The number of hydrogen-bond acceptors (Lipinski definition) is 6. The molecule has 0 saturated heterocycles. The molecule has 2 rings (SSSR count). The van der Waals surface area contributed by atoms with E-state index in [9.17, 15) is 4.79 Å². The number of nitrogen functional groups attached to an aromatic ring is 1. The first kappa shape index (κ1) is 25.5. The number of anilines is 3. The molecule has 0 aliphatic heterocycles. The molecule has 0 aliphatic rings. The molecule has 0 spiro atoms. The van der Waals surface area contributed by atoms with Crippen LogP contribution >= 0.6 is 0 Å². The van der Waals surface area contributed by atoms with Gasteiger partial charge in [-0.15, -0.1) is 0 Å². The lowest BCUT2D eigenvalue weighted by Crippen LogP contribution is -2.26. The fourth-order valence-corrected chi connectivity index (χ4v) is 3.36. The van der Waals surface area contributed by atoms with Crippen LogP contribution < -0.4 is 15.5 Å².